The Bertz CT molecular complexity index is 1460. The van der Waals surface area contributed by atoms with Crippen molar-refractivity contribution in [2.75, 3.05) is 26.5 Å². The molecule has 0 unspecified atom stereocenters. The monoisotopic (exact) mass is 484 g/mol. The number of H-pyrrole nitrogens is 1. The van der Waals surface area contributed by atoms with Gasteiger partial charge in [0.15, 0.2) is 5.88 Å². The number of aromatic amines is 1. The molecule has 0 aliphatic rings. The van der Waals surface area contributed by atoms with Gasteiger partial charge in [-0.25, -0.2) is 9.79 Å². The minimum Gasteiger partial charge on any atom is -0.494 e. The first-order valence-electron chi connectivity index (χ1n) is 11.4. The first-order valence-corrected chi connectivity index (χ1v) is 11.4. The van der Waals surface area contributed by atoms with Crippen LogP contribution in [-0.4, -0.2) is 53.8 Å². The topological polar surface area (TPSA) is 107 Å². The molecular weight excluding hydrogens is 456 g/mol. The zero-order valence-corrected chi connectivity index (χ0v) is 20.6. The number of fused-ring (bicyclic) bond motifs is 1. The van der Waals surface area contributed by atoms with Crippen LogP contribution in [0.4, 0.5) is 11.4 Å². The van der Waals surface area contributed by atoms with Crippen molar-refractivity contribution in [1.82, 2.24) is 9.88 Å². The Morgan fingerprint density at radius 3 is 2.44 bits per heavy atom. The van der Waals surface area contributed by atoms with Crippen LogP contribution in [0.25, 0.3) is 10.9 Å². The van der Waals surface area contributed by atoms with E-state index in [4.69, 9.17) is 9.73 Å². The third-order valence-electron chi connectivity index (χ3n) is 5.62. The second-order valence-corrected chi connectivity index (χ2v) is 8.69. The highest BCUT2D eigenvalue weighted by molar-refractivity contribution is 6.22. The van der Waals surface area contributed by atoms with Crippen molar-refractivity contribution in [2.45, 2.75) is 13.5 Å². The Kier molecular flexibility index (Phi) is 7.17. The molecule has 184 valence electrons. The Morgan fingerprint density at radius 2 is 1.78 bits per heavy atom. The lowest BCUT2D eigenvalue weighted by atomic mass is 10.00. The third-order valence-corrected chi connectivity index (χ3v) is 5.62. The molecule has 0 saturated carbocycles. The summed E-state index contributed by atoms with van der Waals surface area (Å²) < 4.78 is 4.82. The molecule has 3 N–H and O–H groups in total. The molecule has 0 spiro atoms. The average Bonchev–Trinajstić information content (AvgIpc) is 3.18. The van der Waals surface area contributed by atoms with Gasteiger partial charge in [-0.1, -0.05) is 42.5 Å². The van der Waals surface area contributed by atoms with Gasteiger partial charge < -0.3 is 25.0 Å². The summed E-state index contributed by atoms with van der Waals surface area (Å²) in [7, 11) is 5.24. The number of benzene rings is 3. The molecule has 0 saturated heterocycles. The molecule has 3 aromatic carbocycles. The molecule has 0 fully saturated rings. The summed E-state index contributed by atoms with van der Waals surface area (Å²) >= 11 is 0. The van der Waals surface area contributed by atoms with Gasteiger partial charge in [-0.3, -0.25) is 4.79 Å². The fourth-order valence-corrected chi connectivity index (χ4v) is 4.08. The van der Waals surface area contributed by atoms with Crippen molar-refractivity contribution in [1.29, 1.82) is 0 Å². The van der Waals surface area contributed by atoms with E-state index in [0.29, 0.717) is 45.7 Å². The number of rotatable bonds is 7. The summed E-state index contributed by atoms with van der Waals surface area (Å²) in [4.78, 5) is 33.7. The van der Waals surface area contributed by atoms with Crippen LogP contribution in [0.5, 0.6) is 5.88 Å². The normalized spacial score (nSPS) is 11.6. The van der Waals surface area contributed by atoms with Crippen LogP contribution in [0.15, 0.2) is 71.7 Å². The highest BCUT2D eigenvalue weighted by Gasteiger charge is 2.20. The fourth-order valence-electron chi connectivity index (χ4n) is 4.08. The van der Waals surface area contributed by atoms with Crippen LogP contribution in [-0.2, 0) is 16.1 Å². The van der Waals surface area contributed by atoms with Crippen LogP contribution in [0.2, 0.25) is 0 Å². The molecule has 4 rings (SSSR count). The standard InChI is InChI=1S/C28H28N4O4/c1-17(33)29-23-15-21(12-10-20(23)16-32(2)3)30-26(18-8-6-5-7-9-18)25-22-13-11-19(28(35)36-4)14-24(22)31-27(25)34/h5-15,31,34H,16H2,1-4H3,(H,29,33). The van der Waals surface area contributed by atoms with Gasteiger partial charge in [0.05, 0.1) is 29.6 Å². The quantitative estimate of drug-likeness (QED) is 0.257. The number of hydrogen-bond acceptors (Lipinski definition) is 6. The van der Waals surface area contributed by atoms with Crippen molar-refractivity contribution in [3.63, 3.8) is 0 Å². The zero-order chi connectivity index (χ0) is 25.8. The number of hydrogen-bond donors (Lipinski definition) is 3. The second-order valence-electron chi connectivity index (χ2n) is 8.69. The van der Waals surface area contributed by atoms with E-state index in [2.05, 4.69) is 10.3 Å². The first-order chi connectivity index (χ1) is 17.3. The minimum atomic E-state index is -0.465. The number of carbonyl (C=O) groups is 2. The lowest BCUT2D eigenvalue weighted by molar-refractivity contribution is -0.114. The molecule has 1 amide bonds. The van der Waals surface area contributed by atoms with Crippen LogP contribution < -0.4 is 5.32 Å². The van der Waals surface area contributed by atoms with Crippen LogP contribution in [0.3, 0.4) is 0 Å². The number of ether oxygens (including phenoxy) is 1. The average molecular weight is 485 g/mol. The minimum absolute atomic E-state index is 0.0686. The maximum atomic E-state index is 12.0. The van der Waals surface area contributed by atoms with Gasteiger partial charge in [0.1, 0.15) is 0 Å². The van der Waals surface area contributed by atoms with Crippen molar-refractivity contribution >= 4 is 39.9 Å². The number of aromatic nitrogens is 1. The van der Waals surface area contributed by atoms with Gasteiger partial charge in [0.25, 0.3) is 0 Å². The van der Waals surface area contributed by atoms with E-state index < -0.39 is 5.97 Å². The Balaban J connectivity index is 1.90. The fraction of sp³-hybridized carbons (Fsp3) is 0.179. The van der Waals surface area contributed by atoms with E-state index in [0.717, 1.165) is 11.1 Å². The van der Waals surface area contributed by atoms with Gasteiger partial charge in [0.2, 0.25) is 5.91 Å². The summed E-state index contributed by atoms with van der Waals surface area (Å²) in [5.41, 5.74) is 5.03. The predicted molar refractivity (Wildman–Crippen MR) is 141 cm³/mol. The number of nitrogens with zero attached hydrogens (tertiary/aromatic N) is 2. The lowest BCUT2D eigenvalue weighted by Gasteiger charge is -2.15. The van der Waals surface area contributed by atoms with Crippen molar-refractivity contribution in [3.8, 4) is 5.88 Å². The van der Waals surface area contributed by atoms with E-state index in [9.17, 15) is 14.7 Å². The summed E-state index contributed by atoms with van der Waals surface area (Å²) in [6.07, 6.45) is 0. The Hall–Kier alpha value is -4.43. The maximum Gasteiger partial charge on any atom is 0.337 e. The number of amides is 1. The van der Waals surface area contributed by atoms with Gasteiger partial charge in [-0.2, -0.15) is 0 Å². The van der Waals surface area contributed by atoms with Gasteiger partial charge in [0, 0.05) is 35.6 Å². The SMILES string of the molecule is COC(=O)c1ccc2c(C(=Nc3ccc(CN(C)C)c(NC(C)=O)c3)c3ccccc3)c(O)[nH]c2c1. The molecular formula is C28H28N4O4. The molecule has 0 aliphatic carbocycles. The molecule has 8 nitrogen and oxygen atoms in total. The number of aromatic hydroxyl groups is 1. The van der Waals surface area contributed by atoms with E-state index >= 15 is 0 Å². The molecule has 8 heteroatoms. The van der Waals surface area contributed by atoms with E-state index in [1.165, 1.54) is 14.0 Å². The maximum absolute atomic E-state index is 12.0. The summed E-state index contributed by atoms with van der Waals surface area (Å²) in [6.45, 7) is 2.12. The van der Waals surface area contributed by atoms with Gasteiger partial charge >= 0.3 is 5.97 Å². The van der Waals surface area contributed by atoms with Crippen molar-refractivity contribution in [3.05, 3.63) is 89.0 Å². The number of nitrogens with one attached hydrogen (secondary N) is 2. The summed E-state index contributed by atoms with van der Waals surface area (Å²) in [5.74, 6) is -0.705. The molecule has 0 bridgehead atoms. The molecule has 0 radical (unpaired) electrons. The number of esters is 1. The molecule has 36 heavy (non-hydrogen) atoms. The lowest BCUT2D eigenvalue weighted by Crippen LogP contribution is -2.14. The molecule has 0 aliphatic heterocycles. The molecule has 1 aromatic heterocycles. The number of carbonyl (C=O) groups excluding carboxylic acids is 2. The molecule has 1 heterocycles. The number of anilines is 1. The number of methoxy groups -OCH3 is 1. The van der Waals surface area contributed by atoms with Gasteiger partial charge in [-0.15, -0.1) is 0 Å². The van der Waals surface area contributed by atoms with E-state index in [1.807, 2.05) is 67.5 Å². The summed E-state index contributed by atoms with van der Waals surface area (Å²) in [6, 6.07) is 20.2. The Morgan fingerprint density at radius 1 is 1.03 bits per heavy atom. The first kappa shape index (κ1) is 24.7. The zero-order valence-electron chi connectivity index (χ0n) is 20.6. The van der Waals surface area contributed by atoms with Crippen LogP contribution in [0.1, 0.15) is 34.0 Å². The van der Waals surface area contributed by atoms with Crippen LogP contribution in [0, 0.1) is 0 Å². The molecule has 0 atom stereocenters. The van der Waals surface area contributed by atoms with Gasteiger partial charge in [-0.05, 0) is 43.9 Å². The number of aliphatic imine (C=N–C) groups is 1. The highest BCUT2D eigenvalue weighted by Crippen LogP contribution is 2.33. The predicted octanol–water partition coefficient (Wildman–Crippen LogP) is 4.85. The van der Waals surface area contributed by atoms with Crippen molar-refractivity contribution < 1.29 is 19.4 Å². The smallest absolute Gasteiger partial charge is 0.337 e. The third kappa shape index (κ3) is 5.29. The summed E-state index contributed by atoms with van der Waals surface area (Å²) in [5, 5.41) is 14.5. The Labute approximate surface area is 209 Å². The second kappa shape index (κ2) is 10.5. The van der Waals surface area contributed by atoms with E-state index in [1.54, 1.807) is 18.2 Å². The largest absolute Gasteiger partial charge is 0.494 e. The highest BCUT2D eigenvalue weighted by atomic mass is 16.5. The van der Waals surface area contributed by atoms with Crippen molar-refractivity contribution in [2.24, 2.45) is 4.99 Å². The van der Waals surface area contributed by atoms with E-state index in [-0.39, 0.29) is 11.8 Å². The van der Waals surface area contributed by atoms with Crippen LogP contribution >= 0.6 is 0 Å². The molecule has 4 aromatic rings.